The van der Waals surface area contributed by atoms with Crippen LogP contribution in [0.4, 0.5) is 0 Å². The highest BCUT2D eigenvalue weighted by Gasteiger charge is 2.45. The van der Waals surface area contributed by atoms with Crippen molar-refractivity contribution < 1.29 is 14.6 Å². The maximum atomic E-state index is 11.8. The van der Waals surface area contributed by atoms with Crippen LogP contribution in [0.1, 0.15) is 32.3 Å². The second kappa shape index (κ2) is 7.44. The zero-order chi connectivity index (χ0) is 18.0. The van der Waals surface area contributed by atoms with Gasteiger partial charge in [-0.2, -0.15) is 0 Å². The van der Waals surface area contributed by atoms with Gasteiger partial charge in [-0.05, 0) is 25.3 Å². The highest BCUT2D eigenvalue weighted by Crippen LogP contribution is 2.35. The molecule has 0 spiro atoms. The molecule has 1 N–H and O–H groups in total. The Morgan fingerprint density at radius 3 is 2.80 bits per heavy atom. The molecular weight excluding hydrogens is 316 g/mol. The molecule has 1 aromatic rings. The third-order valence-electron chi connectivity index (χ3n) is 5.82. The molecule has 0 radical (unpaired) electrons. The van der Waals surface area contributed by atoms with Crippen LogP contribution >= 0.6 is 0 Å². The van der Waals surface area contributed by atoms with E-state index in [0.717, 1.165) is 26.1 Å². The number of piperidine rings is 1. The average molecular weight is 346 g/mol. The molecule has 0 bridgehead atoms. The third-order valence-corrected chi connectivity index (χ3v) is 5.82. The molecular formula is C20H30N2O3. The van der Waals surface area contributed by atoms with E-state index in [0.29, 0.717) is 13.0 Å². The van der Waals surface area contributed by atoms with Crippen molar-refractivity contribution in [3.63, 3.8) is 0 Å². The van der Waals surface area contributed by atoms with Gasteiger partial charge in [-0.25, -0.2) is 0 Å². The second-order valence-corrected chi connectivity index (χ2v) is 7.85. The van der Waals surface area contributed by atoms with Crippen LogP contribution in [-0.4, -0.2) is 65.3 Å². The Labute approximate surface area is 150 Å². The minimum atomic E-state index is -0.935. The average Bonchev–Trinajstić information content (AvgIpc) is 2.69. The minimum absolute atomic E-state index is 0.0375. The summed E-state index contributed by atoms with van der Waals surface area (Å²) in [6, 6.07) is 10.2. The van der Waals surface area contributed by atoms with Gasteiger partial charge in [-0.15, -0.1) is 0 Å². The van der Waals surface area contributed by atoms with Crippen molar-refractivity contribution in [2.75, 3.05) is 26.7 Å². The largest absolute Gasteiger partial charge is 0.388 e. The van der Waals surface area contributed by atoms with Gasteiger partial charge in [-0.3, -0.25) is 9.69 Å². The van der Waals surface area contributed by atoms with E-state index < -0.39 is 5.60 Å². The molecule has 138 valence electrons. The molecule has 3 rings (SSSR count). The number of aliphatic hydroxyl groups is 1. The predicted molar refractivity (Wildman–Crippen MR) is 97.0 cm³/mol. The van der Waals surface area contributed by atoms with Gasteiger partial charge in [0.05, 0.1) is 24.4 Å². The van der Waals surface area contributed by atoms with E-state index in [-0.39, 0.29) is 24.0 Å². The van der Waals surface area contributed by atoms with Gasteiger partial charge in [0, 0.05) is 39.5 Å². The molecule has 0 aliphatic carbocycles. The summed E-state index contributed by atoms with van der Waals surface area (Å²) in [6.07, 6.45) is 1.80. The number of hydrogen-bond acceptors (Lipinski definition) is 4. The molecule has 5 nitrogen and oxygen atoms in total. The normalized spacial score (nSPS) is 33.4. The van der Waals surface area contributed by atoms with E-state index in [1.165, 1.54) is 12.5 Å². The smallest absolute Gasteiger partial charge is 0.219 e. The van der Waals surface area contributed by atoms with Gasteiger partial charge in [-0.1, -0.05) is 30.3 Å². The highest BCUT2D eigenvalue weighted by molar-refractivity contribution is 5.73. The van der Waals surface area contributed by atoms with Gasteiger partial charge >= 0.3 is 0 Å². The van der Waals surface area contributed by atoms with Gasteiger partial charge in [0.15, 0.2) is 0 Å². The molecule has 2 fully saturated rings. The molecule has 2 saturated heterocycles. The number of carbonyl (C=O) groups is 1. The van der Waals surface area contributed by atoms with Crippen molar-refractivity contribution >= 4 is 5.91 Å². The number of amides is 1. The third kappa shape index (κ3) is 4.22. The Balaban J connectivity index is 1.68. The Kier molecular flexibility index (Phi) is 5.46. The van der Waals surface area contributed by atoms with Crippen LogP contribution in [0, 0.1) is 5.92 Å². The van der Waals surface area contributed by atoms with Crippen molar-refractivity contribution in [3.8, 4) is 0 Å². The number of carbonyl (C=O) groups excluding carboxylic acids is 1. The van der Waals surface area contributed by atoms with Crippen LogP contribution in [0.25, 0.3) is 0 Å². The lowest BCUT2D eigenvalue weighted by molar-refractivity contribution is -0.138. The first kappa shape index (κ1) is 18.4. The maximum Gasteiger partial charge on any atom is 0.219 e. The monoisotopic (exact) mass is 346 g/mol. The van der Waals surface area contributed by atoms with Crippen molar-refractivity contribution in [1.29, 1.82) is 0 Å². The number of ether oxygens (including phenoxy) is 1. The van der Waals surface area contributed by atoms with Crippen molar-refractivity contribution in [2.24, 2.45) is 5.92 Å². The summed E-state index contributed by atoms with van der Waals surface area (Å²) in [7, 11) is 1.75. The molecule has 5 heteroatoms. The zero-order valence-electron chi connectivity index (χ0n) is 15.5. The number of likely N-dealkylation sites (N-methyl/N-ethyl adjacent to an activating group) is 1. The van der Waals surface area contributed by atoms with Crippen LogP contribution in [0.15, 0.2) is 30.3 Å². The maximum absolute atomic E-state index is 11.8. The van der Waals surface area contributed by atoms with E-state index >= 15 is 0 Å². The van der Waals surface area contributed by atoms with E-state index in [1.54, 1.807) is 11.9 Å². The van der Waals surface area contributed by atoms with E-state index in [2.05, 4.69) is 29.2 Å². The Morgan fingerprint density at radius 2 is 2.12 bits per heavy atom. The number of hydrogen-bond donors (Lipinski definition) is 1. The van der Waals surface area contributed by atoms with Gasteiger partial charge in [0.1, 0.15) is 0 Å². The molecule has 2 aliphatic heterocycles. The SMILES string of the molecule is CC(=O)N(C)[C@@H]1CO[C@@H]2CCN(Cc3ccccc3)C[C@@H]2C[C@@]1(C)O. The minimum Gasteiger partial charge on any atom is -0.388 e. The van der Waals surface area contributed by atoms with E-state index in [1.807, 2.05) is 13.0 Å². The van der Waals surface area contributed by atoms with Crippen molar-refractivity contribution in [1.82, 2.24) is 9.80 Å². The number of nitrogens with zero attached hydrogens (tertiary/aromatic N) is 2. The molecule has 0 saturated carbocycles. The molecule has 1 amide bonds. The van der Waals surface area contributed by atoms with Gasteiger partial charge in [0.25, 0.3) is 0 Å². The fourth-order valence-corrected chi connectivity index (χ4v) is 4.30. The second-order valence-electron chi connectivity index (χ2n) is 7.85. The first-order valence-electron chi connectivity index (χ1n) is 9.20. The number of fused-ring (bicyclic) bond motifs is 1. The number of likely N-dealkylation sites (tertiary alicyclic amines) is 1. The summed E-state index contributed by atoms with van der Waals surface area (Å²) in [5.41, 5.74) is 0.381. The summed E-state index contributed by atoms with van der Waals surface area (Å²) in [5.74, 6) is 0.252. The van der Waals surface area contributed by atoms with Gasteiger partial charge in [0.2, 0.25) is 5.91 Å². The summed E-state index contributed by atoms with van der Waals surface area (Å²) in [6.45, 7) is 6.65. The van der Waals surface area contributed by atoms with Gasteiger partial charge < -0.3 is 14.7 Å². The highest BCUT2D eigenvalue weighted by atomic mass is 16.5. The molecule has 2 aliphatic rings. The van der Waals surface area contributed by atoms with E-state index in [4.69, 9.17) is 4.74 Å². The topological polar surface area (TPSA) is 53.0 Å². The van der Waals surface area contributed by atoms with Crippen molar-refractivity contribution in [2.45, 2.75) is 51.0 Å². The molecule has 2 heterocycles. The lowest BCUT2D eigenvalue weighted by Gasteiger charge is -2.40. The Morgan fingerprint density at radius 1 is 1.40 bits per heavy atom. The zero-order valence-corrected chi connectivity index (χ0v) is 15.5. The van der Waals surface area contributed by atoms with Crippen LogP contribution in [0.2, 0.25) is 0 Å². The number of benzene rings is 1. The molecule has 25 heavy (non-hydrogen) atoms. The summed E-state index contributed by atoms with van der Waals surface area (Å²) in [5, 5.41) is 11.1. The number of rotatable bonds is 3. The van der Waals surface area contributed by atoms with Crippen LogP contribution < -0.4 is 0 Å². The lowest BCUT2D eigenvalue weighted by atomic mass is 9.82. The Hall–Kier alpha value is -1.43. The summed E-state index contributed by atoms with van der Waals surface area (Å²) < 4.78 is 6.14. The molecule has 0 unspecified atom stereocenters. The fourth-order valence-electron chi connectivity index (χ4n) is 4.30. The predicted octanol–water partition coefficient (Wildman–Crippen LogP) is 1.90. The Bertz CT molecular complexity index is 590. The van der Waals surface area contributed by atoms with E-state index in [9.17, 15) is 9.90 Å². The first-order chi connectivity index (χ1) is 11.9. The summed E-state index contributed by atoms with van der Waals surface area (Å²) >= 11 is 0. The molecule has 4 atom stereocenters. The quantitative estimate of drug-likeness (QED) is 0.908. The van der Waals surface area contributed by atoms with Crippen LogP contribution in [0.5, 0.6) is 0 Å². The fraction of sp³-hybridized carbons (Fsp3) is 0.650. The first-order valence-corrected chi connectivity index (χ1v) is 9.20. The lowest BCUT2D eigenvalue weighted by Crippen LogP contribution is -2.53. The summed E-state index contributed by atoms with van der Waals surface area (Å²) in [4.78, 5) is 15.8. The standard InChI is InChI=1S/C20H30N2O3/c1-15(23)21(3)19-14-25-18-9-10-22(12-16-7-5-4-6-8-16)13-17(18)11-20(19,2)24/h4-8,17-19,24H,9-14H2,1-3H3/t17-,18+,19+,20+/m0/s1. The van der Waals surface area contributed by atoms with Crippen molar-refractivity contribution in [3.05, 3.63) is 35.9 Å². The molecule has 0 aromatic heterocycles. The van der Waals surface area contributed by atoms with Crippen LogP contribution in [-0.2, 0) is 16.1 Å². The van der Waals surface area contributed by atoms with Crippen LogP contribution in [0.3, 0.4) is 0 Å². The molecule has 1 aromatic carbocycles.